The lowest BCUT2D eigenvalue weighted by Crippen LogP contribution is -2.48. The number of rotatable bonds is 1. The van der Waals surface area contributed by atoms with Gasteiger partial charge in [0.15, 0.2) is 0 Å². The van der Waals surface area contributed by atoms with Crippen molar-refractivity contribution in [3.63, 3.8) is 0 Å². The Labute approximate surface area is 153 Å². The number of likely N-dealkylation sites (tertiary alicyclic amines) is 1. The molecular weight excluding hydrogens is 326 g/mol. The first-order valence-electron chi connectivity index (χ1n) is 9.29. The molecule has 0 aliphatic carbocycles. The summed E-state index contributed by atoms with van der Waals surface area (Å²) in [5.74, 6) is 0.723. The molecule has 2 aromatic heterocycles. The fourth-order valence-corrected chi connectivity index (χ4v) is 4.41. The Morgan fingerprint density at radius 1 is 1.12 bits per heavy atom. The van der Waals surface area contributed by atoms with Crippen LogP contribution in [0.1, 0.15) is 41.8 Å². The van der Waals surface area contributed by atoms with Gasteiger partial charge in [-0.3, -0.25) is 14.6 Å². The summed E-state index contributed by atoms with van der Waals surface area (Å²) < 4.78 is 1.91. The molecule has 5 heteroatoms. The predicted octanol–water partition coefficient (Wildman–Crippen LogP) is 2.80. The molecule has 0 aromatic carbocycles. The number of piperidine rings is 1. The third-order valence-electron chi connectivity index (χ3n) is 6.07. The summed E-state index contributed by atoms with van der Waals surface area (Å²) in [4.78, 5) is 31.3. The van der Waals surface area contributed by atoms with Crippen LogP contribution in [0.3, 0.4) is 0 Å². The molecule has 0 radical (unpaired) electrons. The Kier molecular flexibility index (Phi) is 3.98. The van der Waals surface area contributed by atoms with Crippen LogP contribution in [0, 0.1) is 26.7 Å². The molecule has 0 spiro atoms. The molecule has 1 amide bonds. The van der Waals surface area contributed by atoms with Gasteiger partial charge in [0, 0.05) is 55.5 Å². The third-order valence-corrected chi connectivity index (χ3v) is 6.07. The number of hydrogen-bond donors (Lipinski definition) is 0. The van der Waals surface area contributed by atoms with Crippen molar-refractivity contribution in [2.24, 2.45) is 5.92 Å². The summed E-state index contributed by atoms with van der Waals surface area (Å²) in [6.07, 6.45) is 1.05. The summed E-state index contributed by atoms with van der Waals surface area (Å²) in [6.45, 7) is 9.95. The van der Waals surface area contributed by atoms with Gasteiger partial charge in [-0.25, -0.2) is 0 Å². The third kappa shape index (κ3) is 2.75. The second-order valence-corrected chi connectivity index (χ2v) is 7.88. The highest BCUT2D eigenvalue weighted by atomic mass is 16.2. The van der Waals surface area contributed by atoms with E-state index >= 15 is 0 Å². The quantitative estimate of drug-likeness (QED) is 0.794. The van der Waals surface area contributed by atoms with Gasteiger partial charge in [-0.05, 0) is 56.4 Å². The molecule has 2 aliphatic rings. The summed E-state index contributed by atoms with van der Waals surface area (Å²) in [5.41, 5.74) is 6.20. The Bertz CT molecular complexity index is 937. The first-order valence-corrected chi connectivity index (χ1v) is 9.29. The van der Waals surface area contributed by atoms with Crippen LogP contribution in [0.25, 0.3) is 11.3 Å². The van der Waals surface area contributed by atoms with Crippen LogP contribution in [0.15, 0.2) is 23.0 Å². The lowest BCUT2D eigenvalue weighted by Gasteiger charge is -2.42. The minimum Gasteiger partial charge on any atom is -0.342 e. The van der Waals surface area contributed by atoms with E-state index in [2.05, 4.69) is 26.0 Å². The highest BCUT2D eigenvalue weighted by Crippen LogP contribution is 2.36. The highest BCUT2D eigenvalue weighted by Gasteiger charge is 2.35. The number of nitrogens with zero attached hydrogens (tertiary/aromatic N) is 3. The summed E-state index contributed by atoms with van der Waals surface area (Å²) in [5, 5.41) is 0. The largest absolute Gasteiger partial charge is 0.342 e. The van der Waals surface area contributed by atoms with E-state index in [1.807, 2.05) is 16.4 Å². The Morgan fingerprint density at radius 3 is 2.58 bits per heavy atom. The van der Waals surface area contributed by atoms with E-state index in [9.17, 15) is 9.59 Å². The van der Waals surface area contributed by atoms with Crippen molar-refractivity contribution in [3.05, 3.63) is 51.1 Å². The van der Waals surface area contributed by atoms with Crippen LogP contribution >= 0.6 is 0 Å². The van der Waals surface area contributed by atoms with Crippen LogP contribution in [0.5, 0.6) is 0 Å². The molecule has 0 saturated carbocycles. The number of carbonyl (C=O) groups is 1. The number of hydrogen-bond acceptors (Lipinski definition) is 3. The van der Waals surface area contributed by atoms with Gasteiger partial charge in [-0.15, -0.1) is 0 Å². The van der Waals surface area contributed by atoms with Gasteiger partial charge in [0.2, 0.25) is 5.91 Å². The first kappa shape index (κ1) is 17.0. The number of amides is 1. The number of aryl methyl sites for hydroxylation is 2. The number of fused-ring (bicyclic) bond motifs is 4. The molecule has 0 unspecified atom stereocenters. The minimum atomic E-state index is 0.0427. The molecule has 1 fully saturated rings. The molecule has 4 rings (SSSR count). The van der Waals surface area contributed by atoms with Crippen LogP contribution in [-0.2, 0) is 11.3 Å². The monoisotopic (exact) mass is 351 g/mol. The standard InChI is InChI=1S/C21H25N3O2/c1-12-5-19(22-14(3)13(12)2)17-7-20-18-6-16(9-23(11-18)15(4)25)10-24(20)21(26)8-17/h5,7-8,16,18H,6,9-11H2,1-4H3/t16-,18+/m0/s1. The van der Waals surface area contributed by atoms with E-state index in [1.165, 1.54) is 11.1 Å². The smallest absolute Gasteiger partial charge is 0.251 e. The van der Waals surface area contributed by atoms with Crippen LogP contribution < -0.4 is 5.56 Å². The molecule has 2 atom stereocenters. The molecule has 2 bridgehead atoms. The molecule has 0 N–H and O–H groups in total. The van der Waals surface area contributed by atoms with Crippen molar-refractivity contribution in [1.82, 2.24) is 14.5 Å². The Morgan fingerprint density at radius 2 is 1.88 bits per heavy atom. The molecule has 2 aliphatic heterocycles. The lowest BCUT2D eigenvalue weighted by atomic mass is 9.82. The van der Waals surface area contributed by atoms with Crippen molar-refractivity contribution in [1.29, 1.82) is 0 Å². The van der Waals surface area contributed by atoms with Crippen molar-refractivity contribution in [2.45, 2.75) is 46.6 Å². The average molecular weight is 351 g/mol. The van der Waals surface area contributed by atoms with Crippen LogP contribution in [0.4, 0.5) is 0 Å². The summed E-state index contributed by atoms with van der Waals surface area (Å²) in [6, 6.07) is 5.88. The van der Waals surface area contributed by atoms with Gasteiger partial charge in [-0.1, -0.05) is 0 Å². The van der Waals surface area contributed by atoms with Crippen molar-refractivity contribution in [3.8, 4) is 11.3 Å². The van der Waals surface area contributed by atoms with Gasteiger partial charge in [0.1, 0.15) is 0 Å². The van der Waals surface area contributed by atoms with Gasteiger partial charge in [0.25, 0.3) is 5.56 Å². The van der Waals surface area contributed by atoms with Gasteiger partial charge < -0.3 is 9.47 Å². The molecule has 2 aromatic rings. The molecular formula is C21H25N3O2. The Balaban J connectivity index is 1.80. The average Bonchev–Trinajstić information content (AvgIpc) is 2.59. The van der Waals surface area contributed by atoms with Gasteiger partial charge in [0.05, 0.1) is 5.69 Å². The zero-order chi connectivity index (χ0) is 18.6. The van der Waals surface area contributed by atoms with Crippen molar-refractivity contribution in [2.75, 3.05) is 13.1 Å². The fourth-order valence-electron chi connectivity index (χ4n) is 4.41. The van der Waals surface area contributed by atoms with Crippen LogP contribution in [-0.4, -0.2) is 33.4 Å². The maximum absolute atomic E-state index is 12.8. The summed E-state index contributed by atoms with van der Waals surface area (Å²) in [7, 11) is 0. The van der Waals surface area contributed by atoms with E-state index in [4.69, 9.17) is 4.98 Å². The second kappa shape index (κ2) is 6.08. The van der Waals surface area contributed by atoms with E-state index in [0.29, 0.717) is 19.0 Å². The maximum atomic E-state index is 12.8. The summed E-state index contributed by atoms with van der Waals surface area (Å²) >= 11 is 0. The minimum absolute atomic E-state index is 0.0427. The molecule has 4 heterocycles. The topological polar surface area (TPSA) is 55.2 Å². The lowest BCUT2D eigenvalue weighted by molar-refractivity contribution is -0.131. The zero-order valence-electron chi connectivity index (χ0n) is 15.9. The second-order valence-electron chi connectivity index (χ2n) is 7.88. The first-order chi connectivity index (χ1) is 12.3. The zero-order valence-corrected chi connectivity index (χ0v) is 15.9. The van der Waals surface area contributed by atoms with E-state index in [-0.39, 0.29) is 17.4 Å². The molecule has 1 saturated heterocycles. The van der Waals surface area contributed by atoms with Crippen molar-refractivity contribution >= 4 is 5.91 Å². The molecule has 26 heavy (non-hydrogen) atoms. The Hall–Kier alpha value is -2.43. The normalized spacial score (nSPS) is 21.5. The highest BCUT2D eigenvalue weighted by molar-refractivity contribution is 5.73. The SMILES string of the molecule is CC(=O)N1C[C@@H]2C[C@H](C1)c1cc(-c3cc(C)c(C)c(C)n3)cc(=O)n1C2. The van der Waals surface area contributed by atoms with E-state index in [0.717, 1.165) is 35.6 Å². The molecule has 136 valence electrons. The fraction of sp³-hybridized carbons (Fsp3) is 0.476. The number of aromatic nitrogens is 2. The number of carbonyl (C=O) groups excluding carboxylic acids is 1. The van der Waals surface area contributed by atoms with Gasteiger partial charge >= 0.3 is 0 Å². The predicted molar refractivity (Wildman–Crippen MR) is 101 cm³/mol. The van der Waals surface area contributed by atoms with E-state index in [1.54, 1.807) is 13.0 Å². The molecule has 5 nitrogen and oxygen atoms in total. The van der Waals surface area contributed by atoms with Crippen molar-refractivity contribution < 1.29 is 4.79 Å². The van der Waals surface area contributed by atoms with Crippen LogP contribution in [0.2, 0.25) is 0 Å². The van der Waals surface area contributed by atoms with Gasteiger partial charge in [-0.2, -0.15) is 0 Å². The maximum Gasteiger partial charge on any atom is 0.251 e. The number of pyridine rings is 2. The van der Waals surface area contributed by atoms with E-state index < -0.39 is 0 Å².